The average Bonchev–Trinajstić information content (AvgIpc) is 2.94. The number of nitrogens with two attached hydrogens (primary N) is 1. The first-order valence-corrected chi connectivity index (χ1v) is 6.44. The molecule has 2 N–H and O–H groups in total. The second-order valence-electron chi connectivity index (χ2n) is 5.18. The van der Waals surface area contributed by atoms with Crippen LogP contribution < -0.4 is 5.73 Å². The standard InChI is InChI=1S/C14H19N3/c1-3-4-10-8-12(10)17-13-7-9(2)5-6-11(13)16-14(17)15/h5-7,10,12H,3-4,8H2,1-2H3,(H2,15,16). The van der Waals surface area contributed by atoms with Gasteiger partial charge in [0.05, 0.1) is 11.0 Å². The normalized spacial score (nSPS) is 23.2. The minimum Gasteiger partial charge on any atom is -0.369 e. The Labute approximate surface area is 102 Å². The zero-order chi connectivity index (χ0) is 12.0. The van der Waals surface area contributed by atoms with Crippen molar-refractivity contribution in [3.05, 3.63) is 23.8 Å². The van der Waals surface area contributed by atoms with Crippen LogP contribution in [0.25, 0.3) is 11.0 Å². The molecule has 3 heteroatoms. The molecule has 1 fully saturated rings. The highest BCUT2D eigenvalue weighted by Crippen LogP contribution is 2.48. The molecule has 1 aliphatic carbocycles. The lowest BCUT2D eigenvalue weighted by atomic mass is 10.2. The van der Waals surface area contributed by atoms with Crippen molar-refractivity contribution in [2.75, 3.05) is 5.73 Å². The molecule has 1 aliphatic rings. The van der Waals surface area contributed by atoms with E-state index < -0.39 is 0 Å². The molecule has 1 saturated carbocycles. The average molecular weight is 229 g/mol. The molecule has 2 atom stereocenters. The molecular formula is C14H19N3. The highest BCUT2D eigenvalue weighted by Gasteiger charge is 2.39. The van der Waals surface area contributed by atoms with Crippen LogP contribution in [0.3, 0.4) is 0 Å². The van der Waals surface area contributed by atoms with Gasteiger partial charge in [-0.3, -0.25) is 0 Å². The van der Waals surface area contributed by atoms with E-state index in [0.717, 1.165) is 11.4 Å². The van der Waals surface area contributed by atoms with Crippen LogP contribution in [0.1, 0.15) is 37.8 Å². The molecule has 0 spiro atoms. The number of rotatable bonds is 3. The van der Waals surface area contributed by atoms with Gasteiger partial charge in [-0.05, 0) is 43.4 Å². The van der Waals surface area contributed by atoms with Crippen LogP contribution in [0, 0.1) is 12.8 Å². The fourth-order valence-electron chi connectivity index (χ4n) is 2.80. The lowest BCUT2D eigenvalue weighted by molar-refractivity contribution is 0.622. The zero-order valence-corrected chi connectivity index (χ0v) is 10.5. The summed E-state index contributed by atoms with van der Waals surface area (Å²) >= 11 is 0. The Hall–Kier alpha value is -1.51. The second kappa shape index (κ2) is 3.76. The van der Waals surface area contributed by atoms with E-state index in [4.69, 9.17) is 5.73 Å². The van der Waals surface area contributed by atoms with Crippen LogP contribution in [0.15, 0.2) is 18.2 Å². The number of benzene rings is 1. The lowest BCUT2D eigenvalue weighted by Crippen LogP contribution is -2.02. The third kappa shape index (κ3) is 1.70. The van der Waals surface area contributed by atoms with E-state index in [9.17, 15) is 0 Å². The van der Waals surface area contributed by atoms with Crippen molar-refractivity contribution in [3.63, 3.8) is 0 Å². The molecule has 2 unspecified atom stereocenters. The molecule has 2 aromatic rings. The third-order valence-electron chi connectivity index (χ3n) is 3.75. The molecule has 0 saturated heterocycles. The minimum absolute atomic E-state index is 0.585. The first-order chi connectivity index (χ1) is 8.20. The van der Waals surface area contributed by atoms with Crippen molar-refractivity contribution < 1.29 is 0 Å². The summed E-state index contributed by atoms with van der Waals surface area (Å²) in [5, 5.41) is 0. The third-order valence-corrected chi connectivity index (χ3v) is 3.75. The van der Waals surface area contributed by atoms with Crippen molar-refractivity contribution >= 4 is 17.0 Å². The monoisotopic (exact) mass is 229 g/mol. The number of aromatic nitrogens is 2. The highest BCUT2D eigenvalue weighted by molar-refractivity contribution is 5.79. The van der Waals surface area contributed by atoms with Gasteiger partial charge >= 0.3 is 0 Å². The molecule has 1 aromatic heterocycles. The van der Waals surface area contributed by atoms with Crippen LogP contribution in [0.4, 0.5) is 5.95 Å². The van der Waals surface area contributed by atoms with E-state index in [1.165, 1.54) is 30.3 Å². The van der Waals surface area contributed by atoms with E-state index in [1.54, 1.807) is 0 Å². The van der Waals surface area contributed by atoms with E-state index >= 15 is 0 Å². The summed E-state index contributed by atoms with van der Waals surface area (Å²) in [7, 11) is 0. The summed E-state index contributed by atoms with van der Waals surface area (Å²) in [5.74, 6) is 1.48. The summed E-state index contributed by atoms with van der Waals surface area (Å²) < 4.78 is 2.24. The Morgan fingerprint density at radius 2 is 2.29 bits per heavy atom. The summed E-state index contributed by atoms with van der Waals surface area (Å²) in [6.07, 6.45) is 3.82. The largest absolute Gasteiger partial charge is 0.369 e. The Kier molecular flexibility index (Phi) is 2.35. The Morgan fingerprint density at radius 1 is 1.47 bits per heavy atom. The fourth-order valence-corrected chi connectivity index (χ4v) is 2.80. The summed E-state index contributed by atoms with van der Waals surface area (Å²) in [6.45, 7) is 4.36. The molecule has 1 aromatic carbocycles. The predicted molar refractivity (Wildman–Crippen MR) is 70.9 cm³/mol. The van der Waals surface area contributed by atoms with Crippen LogP contribution in [0.2, 0.25) is 0 Å². The van der Waals surface area contributed by atoms with Gasteiger partial charge in [-0.25, -0.2) is 4.98 Å². The maximum Gasteiger partial charge on any atom is 0.201 e. The van der Waals surface area contributed by atoms with Crippen molar-refractivity contribution in [1.82, 2.24) is 9.55 Å². The van der Waals surface area contributed by atoms with E-state index in [1.807, 2.05) is 0 Å². The van der Waals surface area contributed by atoms with Crippen molar-refractivity contribution in [2.45, 2.75) is 39.2 Å². The lowest BCUT2D eigenvalue weighted by Gasteiger charge is -2.06. The second-order valence-corrected chi connectivity index (χ2v) is 5.18. The van der Waals surface area contributed by atoms with Gasteiger partial charge in [-0.1, -0.05) is 19.4 Å². The van der Waals surface area contributed by atoms with Gasteiger partial charge in [0.2, 0.25) is 5.95 Å². The molecule has 0 amide bonds. The molecule has 1 heterocycles. The van der Waals surface area contributed by atoms with Gasteiger partial charge < -0.3 is 10.3 Å². The molecule has 0 radical (unpaired) electrons. The van der Waals surface area contributed by atoms with Gasteiger partial charge in [0.25, 0.3) is 0 Å². The highest BCUT2D eigenvalue weighted by atomic mass is 15.2. The number of anilines is 1. The van der Waals surface area contributed by atoms with Gasteiger partial charge in [-0.15, -0.1) is 0 Å². The number of imidazole rings is 1. The van der Waals surface area contributed by atoms with Crippen molar-refractivity contribution in [1.29, 1.82) is 0 Å². The summed E-state index contributed by atoms with van der Waals surface area (Å²) in [6, 6.07) is 6.94. The molecule has 0 aliphatic heterocycles. The Balaban J connectivity index is 2.04. The van der Waals surface area contributed by atoms with Crippen LogP contribution in [-0.2, 0) is 0 Å². The first-order valence-electron chi connectivity index (χ1n) is 6.44. The molecule has 3 rings (SSSR count). The van der Waals surface area contributed by atoms with Crippen molar-refractivity contribution in [3.8, 4) is 0 Å². The van der Waals surface area contributed by atoms with E-state index in [2.05, 4.69) is 41.6 Å². The smallest absolute Gasteiger partial charge is 0.201 e. The number of aryl methyl sites for hydroxylation is 1. The number of hydrogen-bond acceptors (Lipinski definition) is 2. The number of fused-ring (bicyclic) bond motifs is 1. The first kappa shape index (κ1) is 10.6. The SMILES string of the molecule is CCCC1CC1n1c(N)nc2ccc(C)cc21. The maximum absolute atomic E-state index is 6.05. The molecule has 90 valence electrons. The zero-order valence-electron chi connectivity index (χ0n) is 10.5. The van der Waals surface area contributed by atoms with Crippen molar-refractivity contribution in [2.24, 2.45) is 5.92 Å². The Bertz CT molecular complexity index is 556. The van der Waals surface area contributed by atoms with Crippen LogP contribution in [-0.4, -0.2) is 9.55 Å². The maximum atomic E-state index is 6.05. The number of hydrogen-bond donors (Lipinski definition) is 1. The van der Waals surface area contributed by atoms with Crippen LogP contribution in [0.5, 0.6) is 0 Å². The Morgan fingerprint density at radius 3 is 3.06 bits per heavy atom. The number of nitrogens with zero attached hydrogens (tertiary/aromatic N) is 2. The molecular weight excluding hydrogens is 210 g/mol. The van der Waals surface area contributed by atoms with Gasteiger partial charge in [0.15, 0.2) is 0 Å². The summed E-state index contributed by atoms with van der Waals surface area (Å²) in [5.41, 5.74) is 9.55. The molecule has 0 bridgehead atoms. The predicted octanol–water partition coefficient (Wildman–Crippen LogP) is 3.29. The van der Waals surface area contributed by atoms with E-state index in [0.29, 0.717) is 12.0 Å². The molecule has 17 heavy (non-hydrogen) atoms. The van der Waals surface area contributed by atoms with Gasteiger partial charge in [0, 0.05) is 6.04 Å². The van der Waals surface area contributed by atoms with E-state index in [-0.39, 0.29) is 0 Å². The minimum atomic E-state index is 0.585. The van der Waals surface area contributed by atoms with Crippen LogP contribution >= 0.6 is 0 Å². The quantitative estimate of drug-likeness (QED) is 0.877. The van der Waals surface area contributed by atoms with Gasteiger partial charge in [-0.2, -0.15) is 0 Å². The molecule has 3 nitrogen and oxygen atoms in total. The van der Waals surface area contributed by atoms with Gasteiger partial charge in [0.1, 0.15) is 0 Å². The topological polar surface area (TPSA) is 43.8 Å². The number of nitrogen functional groups attached to an aromatic ring is 1. The fraction of sp³-hybridized carbons (Fsp3) is 0.500. The summed E-state index contributed by atoms with van der Waals surface area (Å²) in [4.78, 5) is 4.45.